The summed E-state index contributed by atoms with van der Waals surface area (Å²) in [7, 11) is 0. The van der Waals surface area contributed by atoms with E-state index in [0.717, 1.165) is 12.1 Å². The Labute approximate surface area is 184 Å². The summed E-state index contributed by atoms with van der Waals surface area (Å²) in [4.78, 5) is 0.394. The molecule has 2 aromatic carbocycles. The predicted molar refractivity (Wildman–Crippen MR) is 127 cm³/mol. The van der Waals surface area contributed by atoms with E-state index in [9.17, 15) is 5.11 Å². The number of aromatic nitrogens is 1. The lowest BCUT2D eigenvalue weighted by atomic mass is 10.0. The van der Waals surface area contributed by atoms with Crippen molar-refractivity contribution in [2.45, 2.75) is 39.0 Å². The summed E-state index contributed by atoms with van der Waals surface area (Å²) in [6, 6.07) is 23.3. The number of rotatable bonds is 9. The second-order valence-corrected chi connectivity index (χ2v) is 7.70. The quantitative estimate of drug-likeness (QED) is 0.171. The Balaban J connectivity index is 1.86. The number of benzene rings is 2. The summed E-state index contributed by atoms with van der Waals surface area (Å²) in [5.41, 5.74) is 3.19. The third-order valence-electron chi connectivity index (χ3n) is 4.97. The number of nitrogens with one attached hydrogen (secondary N) is 1. The first-order valence-electron chi connectivity index (χ1n) is 10.5. The van der Waals surface area contributed by atoms with Gasteiger partial charge in [-0.3, -0.25) is 0 Å². The van der Waals surface area contributed by atoms with E-state index in [1.807, 2.05) is 73.1 Å². The van der Waals surface area contributed by atoms with Gasteiger partial charge in [-0.2, -0.15) is 4.57 Å². The second kappa shape index (κ2) is 11.3. The molecule has 0 atom stereocenters. The molecule has 0 aliphatic rings. The number of para-hydroxylation sites is 1. The van der Waals surface area contributed by atoms with Crippen LogP contribution < -0.4 is 15.0 Å². The van der Waals surface area contributed by atoms with Crippen LogP contribution in [0.1, 0.15) is 43.7 Å². The van der Waals surface area contributed by atoms with Crippen molar-refractivity contribution in [1.82, 2.24) is 0 Å². The maximum Gasteiger partial charge on any atom is 0.238 e. The molecule has 4 heteroatoms. The lowest BCUT2D eigenvalue weighted by Gasteiger charge is -2.17. The second-order valence-electron chi connectivity index (χ2n) is 7.29. The molecule has 0 aliphatic carbocycles. The van der Waals surface area contributed by atoms with E-state index >= 15 is 0 Å². The minimum absolute atomic E-state index is 0.0998. The highest BCUT2D eigenvalue weighted by Gasteiger charge is 2.18. The molecule has 30 heavy (non-hydrogen) atoms. The zero-order chi connectivity index (χ0) is 21.2. The number of hydrogen-bond acceptors (Lipinski definition) is 2. The zero-order valence-corrected chi connectivity index (χ0v) is 18.2. The Morgan fingerprint density at radius 1 is 0.867 bits per heavy atom. The van der Waals surface area contributed by atoms with Crippen LogP contribution in [0.25, 0.3) is 11.5 Å². The number of anilines is 1. The highest BCUT2D eigenvalue weighted by atomic mass is 32.1. The number of pyridine rings is 1. The van der Waals surface area contributed by atoms with E-state index in [0.29, 0.717) is 16.2 Å². The van der Waals surface area contributed by atoms with Crippen molar-refractivity contribution in [3.8, 4) is 0 Å². The molecule has 0 spiro atoms. The molecule has 3 aromatic rings. The van der Waals surface area contributed by atoms with Gasteiger partial charge in [-0.25, -0.2) is 0 Å². The molecule has 1 N–H and O–H groups in total. The van der Waals surface area contributed by atoms with Gasteiger partial charge in [0.15, 0.2) is 17.4 Å². The SMILES string of the molecule is CCCCCCc1ccc(/C([O-])=C(/C(=S)Nc2ccccc2)[n+]2ccccc2)cc1. The first-order chi connectivity index (χ1) is 14.7. The first kappa shape index (κ1) is 21.7. The Kier molecular flexibility index (Phi) is 8.16. The van der Waals surface area contributed by atoms with E-state index in [-0.39, 0.29) is 5.76 Å². The van der Waals surface area contributed by atoms with Crippen LogP contribution >= 0.6 is 12.2 Å². The van der Waals surface area contributed by atoms with Gasteiger partial charge in [0, 0.05) is 17.8 Å². The molecule has 0 saturated heterocycles. The maximum absolute atomic E-state index is 13.4. The van der Waals surface area contributed by atoms with Gasteiger partial charge in [-0.05, 0) is 41.9 Å². The minimum atomic E-state index is -0.0998. The van der Waals surface area contributed by atoms with Crippen molar-refractivity contribution in [3.63, 3.8) is 0 Å². The lowest BCUT2D eigenvalue weighted by Crippen LogP contribution is -2.39. The highest BCUT2D eigenvalue weighted by molar-refractivity contribution is 7.81. The van der Waals surface area contributed by atoms with Crippen LogP contribution in [-0.4, -0.2) is 4.99 Å². The molecular weight excluding hydrogens is 388 g/mol. The normalized spacial score (nSPS) is 11.6. The largest absolute Gasteiger partial charge is 0.867 e. The number of nitrogens with zero attached hydrogens (tertiary/aromatic N) is 1. The molecule has 0 aliphatic heterocycles. The smallest absolute Gasteiger partial charge is 0.238 e. The summed E-state index contributed by atoms with van der Waals surface area (Å²) >= 11 is 5.63. The molecule has 0 saturated carbocycles. The third-order valence-corrected chi connectivity index (χ3v) is 5.27. The molecule has 1 heterocycles. The highest BCUT2D eigenvalue weighted by Crippen LogP contribution is 2.18. The average molecular weight is 417 g/mol. The number of aryl methyl sites for hydroxylation is 1. The van der Waals surface area contributed by atoms with E-state index in [1.54, 1.807) is 4.57 Å². The van der Waals surface area contributed by atoms with E-state index in [1.165, 1.54) is 31.2 Å². The predicted octanol–water partition coefficient (Wildman–Crippen LogP) is 5.22. The van der Waals surface area contributed by atoms with Gasteiger partial charge >= 0.3 is 0 Å². The topological polar surface area (TPSA) is 39.0 Å². The van der Waals surface area contributed by atoms with E-state index in [4.69, 9.17) is 12.2 Å². The van der Waals surface area contributed by atoms with Crippen LogP contribution in [0.5, 0.6) is 0 Å². The van der Waals surface area contributed by atoms with Crippen molar-refractivity contribution < 1.29 is 9.67 Å². The molecule has 1 aromatic heterocycles. The van der Waals surface area contributed by atoms with Gasteiger partial charge in [-0.15, -0.1) is 0 Å². The van der Waals surface area contributed by atoms with Gasteiger partial charge < -0.3 is 10.4 Å². The van der Waals surface area contributed by atoms with Gasteiger partial charge in [-0.1, -0.05) is 86.9 Å². The van der Waals surface area contributed by atoms with Crippen molar-refractivity contribution in [2.75, 3.05) is 5.32 Å². The molecule has 0 bridgehead atoms. The standard InChI is InChI=1S/C26H28N2OS/c1-2-3-4-7-12-21-15-17-22(18-16-21)25(29)24(28-19-10-6-11-20-28)26(30)27-23-13-8-5-9-14-23/h5-6,8-11,13-20H,2-4,7,12H2,1H3,(H-,27,29,30). The molecule has 154 valence electrons. The molecule has 0 radical (unpaired) electrons. The van der Waals surface area contributed by atoms with Crippen molar-refractivity contribution in [2.24, 2.45) is 0 Å². The Hall–Kier alpha value is -2.98. The summed E-state index contributed by atoms with van der Waals surface area (Å²) < 4.78 is 1.78. The first-order valence-corrected chi connectivity index (χ1v) is 10.9. The van der Waals surface area contributed by atoms with Crippen molar-refractivity contribution >= 4 is 34.3 Å². The minimum Gasteiger partial charge on any atom is -0.867 e. The fraction of sp³-hybridized carbons (Fsp3) is 0.231. The summed E-state index contributed by atoms with van der Waals surface area (Å²) in [5.74, 6) is -0.0998. The molecule has 0 amide bonds. The van der Waals surface area contributed by atoms with Crippen LogP contribution in [0, 0.1) is 0 Å². The van der Waals surface area contributed by atoms with Crippen molar-refractivity contribution in [1.29, 1.82) is 0 Å². The van der Waals surface area contributed by atoms with Gasteiger partial charge in [0.1, 0.15) is 0 Å². The Morgan fingerprint density at radius 2 is 1.53 bits per heavy atom. The summed E-state index contributed by atoms with van der Waals surface area (Å²) in [6.45, 7) is 2.22. The maximum atomic E-state index is 13.4. The lowest BCUT2D eigenvalue weighted by molar-refractivity contribution is -0.577. The third kappa shape index (κ3) is 6.01. The zero-order valence-electron chi connectivity index (χ0n) is 17.4. The number of thiocarbonyl (C=S) groups is 1. The van der Waals surface area contributed by atoms with Crippen LogP contribution in [0.3, 0.4) is 0 Å². The molecule has 0 unspecified atom stereocenters. The summed E-state index contributed by atoms with van der Waals surface area (Å²) in [6.07, 6.45) is 9.67. The molecule has 3 nitrogen and oxygen atoms in total. The molecule has 3 rings (SSSR count). The van der Waals surface area contributed by atoms with Crippen LogP contribution in [0.15, 0.2) is 85.2 Å². The van der Waals surface area contributed by atoms with E-state index < -0.39 is 0 Å². The fourth-order valence-corrected chi connectivity index (χ4v) is 3.63. The van der Waals surface area contributed by atoms with E-state index in [2.05, 4.69) is 24.4 Å². The monoisotopic (exact) mass is 416 g/mol. The Morgan fingerprint density at radius 3 is 2.20 bits per heavy atom. The number of hydrogen-bond donors (Lipinski definition) is 1. The van der Waals surface area contributed by atoms with Gasteiger partial charge in [0.2, 0.25) is 5.70 Å². The number of unbranched alkanes of at least 4 members (excludes halogenated alkanes) is 3. The van der Waals surface area contributed by atoms with Gasteiger partial charge in [0.25, 0.3) is 0 Å². The Bertz CT molecular complexity index is 967. The molecular formula is C26H28N2OS. The fourth-order valence-electron chi connectivity index (χ4n) is 3.31. The van der Waals surface area contributed by atoms with Crippen LogP contribution in [0.2, 0.25) is 0 Å². The average Bonchev–Trinajstić information content (AvgIpc) is 2.79. The van der Waals surface area contributed by atoms with Crippen molar-refractivity contribution in [3.05, 3.63) is 96.3 Å². The van der Waals surface area contributed by atoms with Crippen LogP contribution in [0.4, 0.5) is 5.69 Å². The van der Waals surface area contributed by atoms with Gasteiger partial charge in [0.05, 0.1) is 0 Å². The van der Waals surface area contributed by atoms with Crippen LogP contribution in [-0.2, 0) is 6.42 Å². The molecule has 0 fully saturated rings. The summed E-state index contributed by atoms with van der Waals surface area (Å²) in [5, 5.41) is 16.6.